The second-order valence-corrected chi connectivity index (χ2v) is 22.5. The molecule has 3 aromatic heterocycles. The number of hydrogen-bond acceptors (Lipinski definition) is 18. The van der Waals surface area contributed by atoms with Crippen molar-refractivity contribution in [2.45, 2.75) is 164 Å². The molecule has 2 N–H and O–H groups in total. The van der Waals surface area contributed by atoms with Gasteiger partial charge in [-0.25, -0.2) is 26.2 Å². The van der Waals surface area contributed by atoms with Gasteiger partial charge in [0.1, 0.15) is 23.4 Å². The molecule has 1 saturated carbocycles. The van der Waals surface area contributed by atoms with E-state index in [1.165, 1.54) is 12.8 Å². The molecule has 4 fully saturated rings. The van der Waals surface area contributed by atoms with E-state index in [4.69, 9.17) is 75.1 Å². The van der Waals surface area contributed by atoms with Crippen LogP contribution in [-0.4, -0.2) is 130 Å². The molecule has 0 radical (unpaired) electrons. The van der Waals surface area contributed by atoms with Crippen LogP contribution in [0, 0.1) is 77.9 Å². The predicted molar refractivity (Wildman–Crippen MR) is 258 cm³/mol. The van der Waals surface area contributed by atoms with E-state index in [0.29, 0.717) is 74.2 Å². The maximum Gasteiger partial charge on any atom is 1.00 e. The summed E-state index contributed by atoms with van der Waals surface area (Å²) >= 11 is 6.75. The number of ether oxygens (including phenoxy) is 6. The van der Waals surface area contributed by atoms with E-state index in [2.05, 4.69) is 113 Å². The van der Waals surface area contributed by atoms with Crippen molar-refractivity contribution in [3.63, 3.8) is 0 Å². The Morgan fingerprint density at radius 1 is 0.689 bits per heavy atom. The third kappa shape index (κ3) is 20.1. The van der Waals surface area contributed by atoms with Crippen LogP contribution < -0.4 is 59.1 Å². The SMILES string of the molecule is CC[C@@H]1CC(C[C@@]2(CCl)O[C@@H](Cn3cc(COCc4cn(C[C@@H]5O[C@@H](OCc6cn(C[C@@H]7O[C@@H](OC)[C@@H](C)[C@H](C)[C@H]7C)nn6)[C@@H](C)[CH-][C@H]5C)nn4)nn3)[CH-][C@H]2C)[C@@H](C)[C@@H](C)[C@H]1C.O=S(=O)([O-])O.O=S(=O)([O-])O.[Na+].[Na+]. The number of halogens is 1. The molecule has 0 aromatic carbocycles. The van der Waals surface area contributed by atoms with E-state index in [9.17, 15) is 0 Å². The minimum atomic E-state index is -4.92. The molecule has 4 aliphatic rings. The van der Waals surface area contributed by atoms with Gasteiger partial charge in [0.15, 0.2) is 6.29 Å². The molecule has 3 saturated heterocycles. The first kappa shape index (κ1) is 67.5. The molecule has 74 heavy (non-hydrogen) atoms. The van der Waals surface area contributed by atoms with Gasteiger partial charge < -0.3 is 43.9 Å². The largest absolute Gasteiger partial charge is 1.00 e. The quantitative estimate of drug-likeness (QED) is 0.0531. The van der Waals surface area contributed by atoms with E-state index in [-0.39, 0.29) is 114 Å². The number of rotatable bonds is 18. The van der Waals surface area contributed by atoms with Crippen LogP contribution in [0.25, 0.3) is 0 Å². The van der Waals surface area contributed by atoms with Crippen molar-refractivity contribution in [3.8, 4) is 0 Å². The molecule has 1 unspecified atom stereocenters. The fraction of sp³-hybridized carbons (Fsp3) is 0.826. The summed E-state index contributed by atoms with van der Waals surface area (Å²) in [6, 6.07) is 0. The topological polar surface area (TPSA) is 302 Å². The molecule has 0 amide bonds. The van der Waals surface area contributed by atoms with E-state index >= 15 is 0 Å². The van der Waals surface area contributed by atoms with Crippen molar-refractivity contribution >= 4 is 32.4 Å². The van der Waals surface area contributed by atoms with Crippen molar-refractivity contribution in [2.75, 3.05) is 13.0 Å². The molecule has 3 aromatic rings. The van der Waals surface area contributed by atoms with Crippen LogP contribution in [0.15, 0.2) is 18.6 Å². The van der Waals surface area contributed by atoms with E-state index in [1.54, 1.807) is 7.11 Å². The Morgan fingerprint density at radius 3 is 1.68 bits per heavy atom. The summed E-state index contributed by atoms with van der Waals surface area (Å²) in [5.74, 6) is 5.67. The standard InChI is InChI=1S/C46H74ClN9O6.2Na.2H2O4S/c1-12-36-15-37(33(8)30(5)32(36)7)16-46(26-47)29(4)14-41(62-46)20-54-17-38(48-51-54)23-58-24-39-18-55(52-49-39)21-42-27(2)13-28(3)44(60-42)59-25-40-19-56(53-50-40)22-43-34(9)31(6)35(10)45(57-11)61-43;;;2*1-5(2,3)4/h13-14,17-19,27-37,41-45H,12,15-16,20-26H2,1-11H3;;;2*(H2,1,2,3,4)/q-2;2*+1;;/p-2/t27-,28+,29-,30+,31-,32-,33+,34-,35+,36-,37?,41-,42+,43+,44-,45-,46+;;;;/m1..../s1. The van der Waals surface area contributed by atoms with Gasteiger partial charge in [0.2, 0.25) is 20.8 Å². The van der Waals surface area contributed by atoms with Gasteiger partial charge in [-0.2, -0.15) is 0 Å². The minimum Gasteiger partial charge on any atom is -0.726 e. The van der Waals surface area contributed by atoms with Crippen LogP contribution in [-0.2, 0) is 88.7 Å². The molecular weight excluding hydrogens is 1050 g/mol. The first-order valence-corrected chi connectivity index (χ1v) is 28.0. The Bertz CT molecular complexity index is 2310. The van der Waals surface area contributed by atoms with E-state index in [0.717, 1.165) is 35.3 Å². The van der Waals surface area contributed by atoms with Gasteiger partial charge in [-0.15, -0.1) is 44.7 Å². The Labute approximate surface area is 487 Å². The van der Waals surface area contributed by atoms with Crippen LogP contribution in [0.5, 0.6) is 0 Å². The third-order valence-electron chi connectivity index (χ3n) is 15.7. The van der Waals surface area contributed by atoms with Crippen LogP contribution in [0.3, 0.4) is 0 Å². The fourth-order valence-corrected chi connectivity index (χ4v) is 11.2. The normalized spacial score (nSPS) is 34.3. The Hall–Kier alpha value is -0.790. The molecule has 0 bridgehead atoms. The van der Waals surface area contributed by atoms with Crippen molar-refractivity contribution in [3.05, 3.63) is 48.5 Å². The number of nitrogens with zero attached hydrogens (tertiary/aromatic N) is 9. The minimum absolute atomic E-state index is 0. The molecular formula is C46H76ClN9Na2O14S2-2. The maximum atomic E-state index is 8.63. The summed E-state index contributed by atoms with van der Waals surface area (Å²) in [4.78, 5) is 0. The number of alkyl halides is 1. The Morgan fingerprint density at radius 2 is 1.16 bits per heavy atom. The van der Waals surface area contributed by atoms with Crippen LogP contribution >= 0.6 is 11.6 Å². The molecule has 7 rings (SSSR count). The molecule has 17 atom stereocenters. The van der Waals surface area contributed by atoms with Crippen LogP contribution in [0.4, 0.5) is 0 Å². The van der Waals surface area contributed by atoms with Gasteiger partial charge in [-0.05, 0) is 60.4 Å². The summed E-state index contributed by atoms with van der Waals surface area (Å²) < 4.78 is 109. The van der Waals surface area contributed by atoms with Crippen molar-refractivity contribution < 1.29 is 123 Å². The Balaban J connectivity index is 0.00000110. The predicted octanol–water partition coefficient (Wildman–Crippen LogP) is -0.546. The van der Waals surface area contributed by atoms with Gasteiger partial charge in [-0.3, -0.25) is 20.2 Å². The van der Waals surface area contributed by atoms with Gasteiger partial charge in [0.05, 0.1) is 69.3 Å². The molecule has 28 heteroatoms. The second kappa shape index (κ2) is 30.1. The van der Waals surface area contributed by atoms with Crippen molar-refractivity contribution in [1.82, 2.24) is 45.0 Å². The number of aromatic nitrogens is 9. The zero-order chi connectivity index (χ0) is 53.3. The molecule has 6 heterocycles. The van der Waals surface area contributed by atoms with Gasteiger partial charge in [-0.1, -0.05) is 91.3 Å². The molecule has 23 nitrogen and oxygen atoms in total. The first-order valence-electron chi connectivity index (χ1n) is 24.7. The van der Waals surface area contributed by atoms with Crippen LogP contribution in [0.2, 0.25) is 0 Å². The molecule has 0 spiro atoms. The summed E-state index contributed by atoms with van der Waals surface area (Å²) in [6.07, 6.45) is 13.0. The van der Waals surface area contributed by atoms with Crippen molar-refractivity contribution in [1.29, 1.82) is 0 Å². The average Bonchev–Trinajstić information content (AvgIpc) is 4.12. The molecule has 3 aliphatic heterocycles. The molecule has 412 valence electrons. The smallest absolute Gasteiger partial charge is 0.726 e. The Kier molecular flexibility index (Phi) is 27.5. The van der Waals surface area contributed by atoms with Crippen LogP contribution in [0.1, 0.15) is 106 Å². The number of methoxy groups -OCH3 is 1. The average molecular weight is 1120 g/mol. The zero-order valence-electron chi connectivity index (χ0n) is 45.2. The zero-order valence-corrected chi connectivity index (χ0v) is 51.6. The van der Waals surface area contributed by atoms with Gasteiger partial charge in [0, 0.05) is 25.5 Å². The second-order valence-electron chi connectivity index (χ2n) is 20.5. The van der Waals surface area contributed by atoms with E-state index in [1.807, 2.05) is 32.6 Å². The fourth-order valence-electron chi connectivity index (χ4n) is 10.8. The maximum absolute atomic E-state index is 8.63. The summed E-state index contributed by atoms with van der Waals surface area (Å²) in [5, 5.41) is 26.3. The van der Waals surface area contributed by atoms with Crippen molar-refractivity contribution in [2.24, 2.45) is 65.1 Å². The summed E-state index contributed by atoms with van der Waals surface area (Å²) in [5.41, 5.74) is 1.86. The summed E-state index contributed by atoms with van der Waals surface area (Å²) in [6.45, 7) is 25.5. The van der Waals surface area contributed by atoms with Gasteiger partial charge >= 0.3 is 59.1 Å². The van der Waals surface area contributed by atoms with Gasteiger partial charge in [0.25, 0.3) is 0 Å². The molecule has 1 aliphatic carbocycles. The first-order chi connectivity index (χ1) is 33.7. The summed E-state index contributed by atoms with van der Waals surface area (Å²) in [7, 11) is -8.13. The van der Waals surface area contributed by atoms with E-state index < -0.39 is 27.1 Å². The third-order valence-corrected chi connectivity index (χ3v) is 16.2. The monoisotopic (exact) mass is 1120 g/mol. The number of hydrogen-bond donors (Lipinski definition) is 2.